The lowest BCUT2D eigenvalue weighted by molar-refractivity contribution is -0.121. The third-order valence-electron chi connectivity index (χ3n) is 4.68. The summed E-state index contributed by atoms with van der Waals surface area (Å²) >= 11 is 0. The van der Waals surface area contributed by atoms with Gasteiger partial charge in [-0.25, -0.2) is 8.42 Å². The van der Waals surface area contributed by atoms with Gasteiger partial charge in [0.2, 0.25) is 15.9 Å². The number of ether oxygens (including phenoxy) is 1. The van der Waals surface area contributed by atoms with Crippen molar-refractivity contribution in [3.05, 3.63) is 58.7 Å². The molecule has 7 heteroatoms. The van der Waals surface area contributed by atoms with E-state index >= 15 is 0 Å². The molecular formula is C22H30N2O4S. The number of anilines is 1. The SMILES string of the molecule is Cc1ccc(OCCNC(=O)[C@H](C)N(c2cc(C)ccc2C)S(C)(=O)=O)c(C)c1. The molecule has 2 aromatic rings. The number of hydrogen-bond acceptors (Lipinski definition) is 4. The number of hydrogen-bond donors (Lipinski definition) is 1. The number of rotatable bonds is 8. The first kappa shape index (κ1) is 22.7. The Morgan fingerprint density at radius 2 is 1.66 bits per heavy atom. The summed E-state index contributed by atoms with van der Waals surface area (Å²) in [6.07, 6.45) is 1.11. The third-order valence-corrected chi connectivity index (χ3v) is 5.91. The van der Waals surface area contributed by atoms with Crippen LogP contribution in [-0.4, -0.2) is 39.8 Å². The van der Waals surface area contributed by atoms with E-state index in [1.807, 2.05) is 58.0 Å². The predicted octanol–water partition coefficient (Wildman–Crippen LogP) is 3.27. The van der Waals surface area contributed by atoms with Crippen LogP contribution in [0.2, 0.25) is 0 Å². The molecule has 1 amide bonds. The van der Waals surface area contributed by atoms with Crippen LogP contribution in [0.1, 0.15) is 29.2 Å². The molecule has 2 rings (SSSR count). The summed E-state index contributed by atoms with van der Waals surface area (Å²) in [6, 6.07) is 10.6. The van der Waals surface area contributed by atoms with E-state index in [-0.39, 0.29) is 12.5 Å². The molecule has 0 unspecified atom stereocenters. The Bertz CT molecular complexity index is 986. The van der Waals surface area contributed by atoms with Crippen LogP contribution in [0.3, 0.4) is 0 Å². The molecule has 0 aliphatic carbocycles. The fraction of sp³-hybridized carbons (Fsp3) is 0.409. The Morgan fingerprint density at radius 1 is 1.03 bits per heavy atom. The van der Waals surface area contributed by atoms with Gasteiger partial charge >= 0.3 is 0 Å². The quantitative estimate of drug-likeness (QED) is 0.668. The maximum Gasteiger partial charge on any atom is 0.243 e. The van der Waals surface area contributed by atoms with Crippen LogP contribution >= 0.6 is 0 Å². The number of nitrogens with one attached hydrogen (secondary N) is 1. The summed E-state index contributed by atoms with van der Waals surface area (Å²) in [7, 11) is -3.64. The second-order valence-corrected chi connectivity index (χ2v) is 9.29. The molecule has 2 aromatic carbocycles. The van der Waals surface area contributed by atoms with Crippen molar-refractivity contribution >= 4 is 21.6 Å². The molecule has 0 fully saturated rings. The summed E-state index contributed by atoms with van der Waals surface area (Å²) in [5.74, 6) is 0.395. The highest BCUT2D eigenvalue weighted by Gasteiger charge is 2.30. The van der Waals surface area contributed by atoms with Crippen LogP contribution in [0.25, 0.3) is 0 Å². The molecule has 0 aromatic heterocycles. The van der Waals surface area contributed by atoms with E-state index in [1.54, 1.807) is 13.0 Å². The van der Waals surface area contributed by atoms with Gasteiger partial charge in [0.25, 0.3) is 0 Å². The fourth-order valence-corrected chi connectivity index (χ4v) is 4.41. The standard InChI is InChI=1S/C22H30N2O4S/c1-15-8-10-21(18(4)13-15)28-12-11-23-22(25)19(5)24(29(6,26)27)20-14-16(2)7-9-17(20)3/h7-10,13-14,19H,11-12H2,1-6H3,(H,23,25)/t19-/m0/s1. The summed E-state index contributed by atoms with van der Waals surface area (Å²) in [5, 5.41) is 2.77. The van der Waals surface area contributed by atoms with Gasteiger partial charge in [0.15, 0.2) is 0 Å². The Hall–Kier alpha value is -2.54. The van der Waals surface area contributed by atoms with E-state index in [0.29, 0.717) is 12.3 Å². The van der Waals surface area contributed by atoms with E-state index in [0.717, 1.165) is 34.3 Å². The number of nitrogens with zero attached hydrogens (tertiary/aromatic N) is 1. The van der Waals surface area contributed by atoms with E-state index in [2.05, 4.69) is 5.32 Å². The van der Waals surface area contributed by atoms with Crippen molar-refractivity contribution in [2.75, 3.05) is 23.7 Å². The number of carbonyl (C=O) groups is 1. The minimum Gasteiger partial charge on any atom is -0.491 e. The highest BCUT2D eigenvalue weighted by Crippen LogP contribution is 2.26. The average molecular weight is 419 g/mol. The lowest BCUT2D eigenvalue weighted by Gasteiger charge is -2.29. The number of carbonyl (C=O) groups excluding carboxylic acids is 1. The monoisotopic (exact) mass is 418 g/mol. The lowest BCUT2D eigenvalue weighted by atomic mass is 10.1. The number of aryl methyl sites for hydroxylation is 4. The predicted molar refractivity (Wildman–Crippen MR) is 117 cm³/mol. The molecule has 0 spiro atoms. The van der Waals surface area contributed by atoms with E-state index < -0.39 is 16.1 Å². The van der Waals surface area contributed by atoms with Crippen LogP contribution in [0.4, 0.5) is 5.69 Å². The van der Waals surface area contributed by atoms with Crippen molar-refractivity contribution in [2.45, 2.75) is 40.7 Å². The second kappa shape index (κ2) is 9.31. The molecule has 0 aliphatic heterocycles. The normalized spacial score (nSPS) is 12.3. The van der Waals surface area contributed by atoms with Crippen molar-refractivity contribution in [1.82, 2.24) is 5.32 Å². The summed E-state index contributed by atoms with van der Waals surface area (Å²) in [6.45, 7) is 9.86. The highest BCUT2D eigenvalue weighted by atomic mass is 32.2. The van der Waals surface area contributed by atoms with Gasteiger partial charge in [-0.05, 0) is 63.4 Å². The van der Waals surface area contributed by atoms with Gasteiger partial charge in [0, 0.05) is 0 Å². The van der Waals surface area contributed by atoms with Crippen LogP contribution < -0.4 is 14.4 Å². The Balaban J connectivity index is 2.05. The zero-order valence-corrected chi connectivity index (χ0v) is 18.8. The Morgan fingerprint density at radius 3 is 2.28 bits per heavy atom. The van der Waals surface area contributed by atoms with Crippen LogP contribution in [0, 0.1) is 27.7 Å². The molecule has 0 bridgehead atoms. The van der Waals surface area contributed by atoms with Gasteiger partial charge in [-0.1, -0.05) is 29.8 Å². The Labute approximate surface area is 173 Å². The Kier molecular flexibility index (Phi) is 7.30. The number of benzene rings is 2. The van der Waals surface area contributed by atoms with Gasteiger partial charge in [-0.15, -0.1) is 0 Å². The zero-order valence-electron chi connectivity index (χ0n) is 17.9. The van der Waals surface area contributed by atoms with Crippen molar-refractivity contribution < 1.29 is 17.9 Å². The third kappa shape index (κ3) is 5.97. The molecule has 0 radical (unpaired) electrons. The average Bonchev–Trinajstić information content (AvgIpc) is 2.61. The molecule has 29 heavy (non-hydrogen) atoms. The molecule has 1 atom stereocenters. The van der Waals surface area contributed by atoms with Crippen LogP contribution in [-0.2, 0) is 14.8 Å². The molecule has 1 N–H and O–H groups in total. The first-order valence-corrected chi connectivity index (χ1v) is 11.4. The van der Waals surface area contributed by atoms with Gasteiger partial charge in [0.1, 0.15) is 18.4 Å². The van der Waals surface area contributed by atoms with E-state index in [9.17, 15) is 13.2 Å². The summed E-state index contributed by atoms with van der Waals surface area (Å²) < 4.78 is 31.8. The van der Waals surface area contributed by atoms with Crippen molar-refractivity contribution in [2.24, 2.45) is 0 Å². The van der Waals surface area contributed by atoms with Crippen molar-refractivity contribution in [3.63, 3.8) is 0 Å². The zero-order chi connectivity index (χ0) is 21.8. The van der Waals surface area contributed by atoms with Gasteiger partial charge in [-0.2, -0.15) is 0 Å². The lowest BCUT2D eigenvalue weighted by Crippen LogP contribution is -2.48. The summed E-state index contributed by atoms with van der Waals surface area (Å²) in [5.41, 5.74) is 4.42. The molecule has 0 aliphatic rings. The maximum atomic E-state index is 12.7. The molecule has 158 valence electrons. The largest absolute Gasteiger partial charge is 0.491 e. The minimum atomic E-state index is -3.64. The number of amides is 1. The molecule has 6 nitrogen and oxygen atoms in total. The summed E-state index contributed by atoms with van der Waals surface area (Å²) in [4.78, 5) is 12.7. The van der Waals surface area contributed by atoms with Gasteiger partial charge in [-0.3, -0.25) is 9.10 Å². The topological polar surface area (TPSA) is 75.7 Å². The fourth-order valence-electron chi connectivity index (χ4n) is 3.18. The van der Waals surface area contributed by atoms with Gasteiger partial charge in [0.05, 0.1) is 18.5 Å². The smallest absolute Gasteiger partial charge is 0.243 e. The first-order valence-electron chi connectivity index (χ1n) is 9.55. The molecular weight excluding hydrogens is 388 g/mol. The van der Waals surface area contributed by atoms with Crippen molar-refractivity contribution in [1.29, 1.82) is 0 Å². The van der Waals surface area contributed by atoms with Gasteiger partial charge < -0.3 is 10.1 Å². The minimum absolute atomic E-state index is 0.279. The molecule has 0 saturated carbocycles. The molecule has 0 saturated heterocycles. The van der Waals surface area contributed by atoms with E-state index in [4.69, 9.17) is 4.74 Å². The van der Waals surface area contributed by atoms with E-state index in [1.165, 1.54) is 4.31 Å². The first-order chi connectivity index (χ1) is 13.5. The van der Waals surface area contributed by atoms with Crippen molar-refractivity contribution in [3.8, 4) is 5.75 Å². The van der Waals surface area contributed by atoms with Crippen LogP contribution in [0.15, 0.2) is 36.4 Å². The maximum absolute atomic E-state index is 12.7. The highest BCUT2D eigenvalue weighted by molar-refractivity contribution is 7.92. The molecule has 0 heterocycles. The second-order valence-electron chi connectivity index (χ2n) is 7.43. The van der Waals surface area contributed by atoms with Crippen LogP contribution in [0.5, 0.6) is 5.75 Å². The number of sulfonamides is 1.